The van der Waals surface area contributed by atoms with Gasteiger partial charge in [0.15, 0.2) is 11.5 Å². The van der Waals surface area contributed by atoms with Gasteiger partial charge in [-0.25, -0.2) is 8.42 Å². The molecule has 0 saturated heterocycles. The zero-order chi connectivity index (χ0) is 29.7. The number of ether oxygens (including phenoxy) is 3. The van der Waals surface area contributed by atoms with Crippen molar-refractivity contribution >= 4 is 10.0 Å². The lowest BCUT2D eigenvalue weighted by molar-refractivity contribution is 0.0656. The molecule has 1 heterocycles. The van der Waals surface area contributed by atoms with E-state index < -0.39 is 22.1 Å². The second-order valence-electron chi connectivity index (χ2n) is 10.4. The number of fused-ring (bicyclic) bond motifs is 1. The van der Waals surface area contributed by atoms with Gasteiger partial charge in [-0.15, -0.1) is 0 Å². The molecule has 0 radical (unpaired) electrons. The molecule has 5 rings (SSSR count). The molecule has 0 fully saturated rings. The molecule has 1 aliphatic rings. The summed E-state index contributed by atoms with van der Waals surface area (Å²) in [7, 11) is -2.53. The summed E-state index contributed by atoms with van der Waals surface area (Å²) in [6.07, 6.45) is 0.207. The normalized spacial score (nSPS) is 16.8. The van der Waals surface area contributed by atoms with E-state index in [1.54, 1.807) is 31.4 Å². The van der Waals surface area contributed by atoms with Crippen LogP contribution in [0.25, 0.3) is 0 Å². The highest BCUT2D eigenvalue weighted by atomic mass is 32.2. The summed E-state index contributed by atoms with van der Waals surface area (Å²) in [5.74, 6) is 0.992. The summed E-state index contributed by atoms with van der Waals surface area (Å²) in [4.78, 5) is 0.121. The average molecular weight is 583 g/mol. The predicted molar refractivity (Wildman–Crippen MR) is 161 cm³/mol. The molecule has 0 aliphatic carbocycles. The van der Waals surface area contributed by atoms with Gasteiger partial charge in [-0.2, -0.15) is 9.57 Å². The summed E-state index contributed by atoms with van der Waals surface area (Å²) in [6.45, 7) is 4.38. The van der Waals surface area contributed by atoms with Gasteiger partial charge in [0.2, 0.25) is 10.0 Å². The molecule has 0 N–H and O–H groups in total. The molecule has 0 bridgehead atoms. The Hall–Kier alpha value is -4.16. The van der Waals surface area contributed by atoms with Gasteiger partial charge in [0.1, 0.15) is 12.6 Å². The van der Waals surface area contributed by atoms with Crippen LogP contribution in [0.2, 0.25) is 0 Å². The van der Waals surface area contributed by atoms with Crippen LogP contribution in [0.4, 0.5) is 0 Å². The van der Waals surface area contributed by atoms with Crippen LogP contribution in [0.3, 0.4) is 0 Å². The topological polar surface area (TPSA) is 88.9 Å². The second-order valence-corrected chi connectivity index (χ2v) is 12.3. The molecule has 0 saturated carbocycles. The zero-order valence-corrected chi connectivity index (χ0v) is 24.8. The van der Waals surface area contributed by atoms with Crippen LogP contribution < -0.4 is 9.47 Å². The predicted octanol–water partition coefficient (Wildman–Crippen LogP) is 6.29. The molecule has 0 amide bonds. The maximum Gasteiger partial charge on any atom is 0.244 e. The molecule has 216 valence electrons. The standard InChI is InChI=1S/C34H34N2O5S/c1-24-14-16-30(17-15-24)42(37,38)36-29(20-35)19-28-18-25(2)33(39-3)34(41-22-27-12-8-5-9-13-27)32(28)31(36)23-40-21-26-10-6-4-7-11-26/h4-18,29,31H,19,21-23H2,1-3H3/t29-,31+/m1/s1. The van der Waals surface area contributed by atoms with E-state index in [1.807, 2.05) is 80.6 Å². The molecule has 1 aliphatic heterocycles. The molecule has 42 heavy (non-hydrogen) atoms. The van der Waals surface area contributed by atoms with Crippen molar-refractivity contribution < 1.29 is 22.6 Å². The molecule has 4 aromatic rings. The van der Waals surface area contributed by atoms with E-state index in [9.17, 15) is 13.7 Å². The Morgan fingerprint density at radius 3 is 2.10 bits per heavy atom. The van der Waals surface area contributed by atoms with Gasteiger partial charge in [0, 0.05) is 12.0 Å². The summed E-state index contributed by atoms with van der Waals surface area (Å²) in [6, 6.07) is 28.6. The van der Waals surface area contributed by atoms with Crippen molar-refractivity contribution in [3.63, 3.8) is 0 Å². The number of aryl methyl sites for hydroxylation is 2. The van der Waals surface area contributed by atoms with Crippen molar-refractivity contribution in [1.29, 1.82) is 5.26 Å². The van der Waals surface area contributed by atoms with Gasteiger partial charge in [0.25, 0.3) is 0 Å². The van der Waals surface area contributed by atoms with Crippen LogP contribution in [-0.4, -0.2) is 32.5 Å². The highest BCUT2D eigenvalue weighted by molar-refractivity contribution is 7.89. The van der Waals surface area contributed by atoms with Crippen molar-refractivity contribution in [1.82, 2.24) is 4.31 Å². The maximum absolute atomic E-state index is 14.3. The summed E-state index contributed by atoms with van der Waals surface area (Å²) in [5.41, 5.74) is 5.20. The van der Waals surface area contributed by atoms with Crippen LogP contribution in [-0.2, 0) is 34.4 Å². The largest absolute Gasteiger partial charge is 0.493 e. The number of nitriles is 1. The van der Waals surface area contributed by atoms with Crippen LogP contribution in [0.15, 0.2) is 95.9 Å². The lowest BCUT2D eigenvalue weighted by atomic mass is 9.88. The number of benzene rings is 4. The molecule has 2 atom stereocenters. The summed E-state index contributed by atoms with van der Waals surface area (Å²) < 4.78 is 48.3. The van der Waals surface area contributed by atoms with Gasteiger partial charge in [-0.3, -0.25) is 0 Å². The third kappa shape index (κ3) is 6.04. The number of sulfonamides is 1. The Balaban J connectivity index is 1.64. The van der Waals surface area contributed by atoms with E-state index in [1.165, 1.54) is 4.31 Å². The van der Waals surface area contributed by atoms with Gasteiger partial charge >= 0.3 is 0 Å². The number of hydrogen-bond acceptors (Lipinski definition) is 6. The first-order chi connectivity index (χ1) is 20.3. The van der Waals surface area contributed by atoms with Crippen LogP contribution in [0.1, 0.15) is 39.4 Å². The van der Waals surface area contributed by atoms with Crippen LogP contribution in [0, 0.1) is 25.2 Å². The van der Waals surface area contributed by atoms with Gasteiger partial charge in [0.05, 0.1) is 37.3 Å². The second kappa shape index (κ2) is 12.8. The van der Waals surface area contributed by atoms with Gasteiger partial charge in [-0.05, 0) is 48.2 Å². The smallest absolute Gasteiger partial charge is 0.244 e. The molecular weight excluding hydrogens is 548 g/mol. The Kier molecular flexibility index (Phi) is 8.93. The van der Waals surface area contributed by atoms with Crippen molar-refractivity contribution in [3.05, 3.63) is 124 Å². The Morgan fingerprint density at radius 2 is 1.50 bits per heavy atom. The van der Waals surface area contributed by atoms with Gasteiger partial charge in [-0.1, -0.05) is 84.4 Å². The Labute approximate surface area is 248 Å². The molecule has 0 unspecified atom stereocenters. The van der Waals surface area contributed by atoms with Crippen LogP contribution in [0.5, 0.6) is 11.5 Å². The Bertz CT molecular complexity index is 1670. The van der Waals surface area contributed by atoms with E-state index in [0.717, 1.165) is 27.8 Å². The van der Waals surface area contributed by atoms with E-state index in [2.05, 4.69) is 6.07 Å². The van der Waals surface area contributed by atoms with Crippen LogP contribution >= 0.6 is 0 Å². The fraction of sp³-hybridized carbons (Fsp3) is 0.265. The minimum absolute atomic E-state index is 0.0130. The lowest BCUT2D eigenvalue weighted by Crippen LogP contribution is -2.48. The summed E-state index contributed by atoms with van der Waals surface area (Å²) >= 11 is 0. The summed E-state index contributed by atoms with van der Waals surface area (Å²) in [5, 5.41) is 10.3. The average Bonchev–Trinajstić information content (AvgIpc) is 3.00. The molecule has 0 aromatic heterocycles. The van der Waals surface area contributed by atoms with E-state index in [-0.39, 0.29) is 31.1 Å². The monoisotopic (exact) mass is 582 g/mol. The first-order valence-corrected chi connectivity index (χ1v) is 15.3. The number of hydrogen-bond donors (Lipinski definition) is 0. The number of nitrogens with zero attached hydrogens (tertiary/aromatic N) is 2. The molecule has 4 aromatic carbocycles. The van der Waals surface area contributed by atoms with E-state index >= 15 is 0 Å². The Morgan fingerprint density at radius 1 is 0.881 bits per heavy atom. The molecular formula is C34H34N2O5S. The highest BCUT2D eigenvalue weighted by Gasteiger charge is 2.45. The van der Waals surface area contributed by atoms with Crippen molar-refractivity contribution in [2.24, 2.45) is 0 Å². The first kappa shape index (κ1) is 29.3. The third-order valence-electron chi connectivity index (χ3n) is 7.47. The fourth-order valence-electron chi connectivity index (χ4n) is 5.44. The quantitative estimate of drug-likeness (QED) is 0.218. The first-order valence-electron chi connectivity index (χ1n) is 13.8. The number of methoxy groups -OCH3 is 1. The zero-order valence-electron chi connectivity index (χ0n) is 24.0. The maximum atomic E-state index is 14.3. The highest BCUT2D eigenvalue weighted by Crippen LogP contribution is 2.47. The van der Waals surface area contributed by atoms with E-state index in [4.69, 9.17) is 14.2 Å². The third-order valence-corrected chi connectivity index (χ3v) is 9.40. The van der Waals surface area contributed by atoms with Crippen molar-refractivity contribution in [2.45, 2.75) is 50.5 Å². The number of rotatable bonds is 10. The fourth-order valence-corrected chi connectivity index (χ4v) is 7.13. The molecule has 0 spiro atoms. The van der Waals surface area contributed by atoms with Gasteiger partial charge < -0.3 is 14.2 Å². The minimum Gasteiger partial charge on any atom is -0.493 e. The van der Waals surface area contributed by atoms with Crippen molar-refractivity contribution in [2.75, 3.05) is 13.7 Å². The SMILES string of the molecule is COc1c(C)cc2c(c1OCc1ccccc1)[C@H](COCc1ccccc1)N(S(=O)(=O)c1ccc(C)cc1)[C@@H](C#N)C2. The minimum atomic E-state index is -4.11. The molecule has 7 nitrogen and oxygen atoms in total. The lowest BCUT2D eigenvalue weighted by Gasteiger charge is -2.40. The van der Waals surface area contributed by atoms with E-state index in [0.29, 0.717) is 17.1 Å². The molecule has 8 heteroatoms. The van der Waals surface area contributed by atoms with Crippen molar-refractivity contribution in [3.8, 4) is 17.6 Å².